The van der Waals surface area contributed by atoms with Crippen LogP contribution < -0.4 is 9.47 Å². The molecule has 3 aromatic rings. The Kier molecular flexibility index (Phi) is 6.56. The van der Waals surface area contributed by atoms with E-state index in [1.54, 1.807) is 20.4 Å². The average molecular weight is 372 g/mol. The van der Waals surface area contributed by atoms with Gasteiger partial charge in [-0.25, -0.2) is 0 Å². The standard InChI is InChI=1S/C17H19N3O3S.Mg.2H/c1-10-8-18-15(11(2)16(10)23-4)9-24(21)17-19-13-6-5-12(22-3)7-14(13)20-17;;;/h5-8H,9H2,1-4H3,(H,19,20);;;. The van der Waals surface area contributed by atoms with Crippen LogP contribution in [0.2, 0.25) is 0 Å². The van der Waals surface area contributed by atoms with Crippen molar-refractivity contribution in [3.63, 3.8) is 0 Å². The van der Waals surface area contributed by atoms with Gasteiger partial charge in [0.1, 0.15) is 11.5 Å². The highest BCUT2D eigenvalue weighted by Gasteiger charge is 2.21. The van der Waals surface area contributed by atoms with E-state index >= 15 is 0 Å². The first-order valence-corrected chi connectivity index (χ1v) is 8.76. The fraction of sp³-hybridized carbons (Fsp3) is 0.294. The van der Waals surface area contributed by atoms with Crippen LogP contribution >= 0.6 is 0 Å². The topological polar surface area (TPSA) is 83.1 Å². The first-order valence-electron chi connectivity index (χ1n) is 7.44. The van der Waals surface area contributed by atoms with E-state index < -0.39 is 11.2 Å². The summed E-state index contributed by atoms with van der Waals surface area (Å²) >= 11 is -1.33. The maximum atomic E-state index is 12.7. The van der Waals surface area contributed by atoms with Gasteiger partial charge in [-0.3, -0.25) is 9.97 Å². The van der Waals surface area contributed by atoms with Crippen molar-refractivity contribution in [2.75, 3.05) is 14.2 Å². The van der Waals surface area contributed by atoms with Crippen molar-refractivity contribution < 1.29 is 14.0 Å². The normalized spacial score (nSPS) is 11.9. The smallest absolute Gasteiger partial charge is 0.322 e. The molecule has 0 bridgehead atoms. The van der Waals surface area contributed by atoms with Crippen molar-refractivity contribution in [1.82, 2.24) is 15.0 Å². The third kappa shape index (κ3) is 4.03. The Balaban J connectivity index is 0.00000225. The lowest BCUT2D eigenvalue weighted by Crippen LogP contribution is -2.10. The molecule has 1 unspecified atom stereocenters. The van der Waals surface area contributed by atoms with Gasteiger partial charge in [-0.2, -0.15) is 4.98 Å². The number of H-pyrrole nitrogens is 1. The van der Waals surface area contributed by atoms with Gasteiger partial charge in [0, 0.05) is 34.6 Å². The van der Waals surface area contributed by atoms with E-state index in [1.165, 1.54) is 0 Å². The number of aromatic amines is 1. The minimum Gasteiger partial charge on any atom is -0.609 e. The van der Waals surface area contributed by atoms with Gasteiger partial charge in [-0.15, -0.1) is 0 Å². The van der Waals surface area contributed by atoms with Crippen molar-refractivity contribution in [3.8, 4) is 11.5 Å². The first-order chi connectivity index (χ1) is 11.5. The van der Waals surface area contributed by atoms with E-state index in [0.717, 1.165) is 33.6 Å². The molecule has 6 nitrogen and oxygen atoms in total. The Labute approximate surface area is 165 Å². The Hall–Kier alpha value is -1.48. The summed E-state index contributed by atoms with van der Waals surface area (Å²) in [6.07, 6.45) is 1.74. The largest absolute Gasteiger partial charge is 0.609 e. The van der Waals surface area contributed by atoms with E-state index in [1.807, 2.05) is 32.0 Å². The number of fused-ring (bicyclic) bond motifs is 1. The molecule has 0 amide bonds. The zero-order valence-electron chi connectivity index (χ0n) is 14.0. The van der Waals surface area contributed by atoms with Crippen LogP contribution in [-0.2, 0) is 16.9 Å². The Morgan fingerprint density at radius 2 is 1.96 bits per heavy atom. The van der Waals surface area contributed by atoms with Crippen molar-refractivity contribution in [2.45, 2.75) is 24.8 Å². The highest BCUT2D eigenvalue weighted by atomic mass is 32.2. The predicted octanol–water partition coefficient (Wildman–Crippen LogP) is 1.98. The number of imidazole rings is 1. The zero-order valence-corrected chi connectivity index (χ0v) is 14.9. The molecule has 0 saturated heterocycles. The molecule has 0 fully saturated rings. The SMILES string of the molecule is COc1ccc2[nH]c([S+]([O-])Cc3ncc(C)c(OC)c3C)nc2c1.[MgH2]. The Morgan fingerprint density at radius 3 is 2.64 bits per heavy atom. The fourth-order valence-electron chi connectivity index (χ4n) is 2.61. The number of nitrogens with zero attached hydrogens (tertiary/aromatic N) is 2. The summed E-state index contributed by atoms with van der Waals surface area (Å²) in [6.45, 7) is 3.86. The van der Waals surface area contributed by atoms with Gasteiger partial charge in [0.2, 0.25) is 0 Å². The quantitative estimate of drug-likeness (QED) is 0.547. The molecule has 0 spiro atoms. The number of hydrogen-bond donors (Lipinski definition) is 1. The molecule has 0 aliphatic carbocycles. The van der Waals surface area contributed by atoms with Gasteiger partial charge in [-0.05, 0) is 26.0 Å². The van der Waals surface area contributed by atoms with Crippen LogP contribution in [0.5, 0.6) is 11.5 Å². The molecule has 0 aliphatic rings. The van der Waals surface area contributed by atoms with Crippen LogP contribution in [0.25, 0.3) is 11.0 Å². The van der Waals surface area contributed by atoms with Crippen LogP contribution in [0.3, 0.4) is 0 Å². The minimum atomic E-state index is -1.33. The van der Waals surface area contributed by atoms with Gasteiger partial charge in [0.05, 0.1) is 30.9 Å². The number of benzene rings is 1. The van der Waals surface area contributed by atoms with Crippen LogP contribution in [0.15, 0.2) is 29.6 Å². The lowest BCUT2D eigenvalue weighted by Gasteiger charge is -2.13. The highest BCUT2D eigenvalue weighted by molar-refractivity contribution is 7.90. The van der Waals surface area contributed by atoms with Crippen molar-refractivity contribution in [2.24, 2.45) is 0 Å². The molecule has 1 atom stereocenters. The predicted molar refractivity (Wildman–Crippen MR) is 102 cm³/mol. The summed E-state index contributed by atoms with van der Waals surface area (Å²) in [4.78, 5) is 11.9. The lowest BCUT2D eigenvalue weighted by atomic mass is 10.1. The number of aromatic nitrogens is 3. The Bertz CT molecular complexity index is 885. The summed E-state index contributed by atoms with van der Waals surface area (Å²) in [5.41, 5.74) is 4.16. The highest BCUT2D eigenvalue weighted by Crippen LogP contribution is 2.27. The van der Waals surface area contributed by atoms with Crippen LogP contribution in [0.4, 0.5) is 0 Å². The average Bonchev–Trinajstić information content (AvgIpc) is 3.01. The molecule has 0 radical (unpaired) electrons. The number of aryl methyl sites for hydroxylation is 1. The molecule has 8 heteroatoms. The van der Waals surface area contributed by atoms with E-state index in [2.05, 4.69) is 15.0 Å². The van der Waals surface area contributed by atoms with Crippen molar-refractivity contribution >= 4 is 45.3 Å². The second-order valence-corrected chi connectivity index (χ2v) is 6.83. The van der Waals surface area contributed by atoms with E-state index in [-0.39, 0.29) is 28.8 Å². The summed E-state index contributed by atoms with van der Waals surface area (Å²) < 4.78 is 23.3. The number of hydrogen-bond acceptors (Lipinski definition) is 5. The zero-order chi connectivity index (χ0) is 17.3. The van der Waals surface area contributed by atoms with Gasteiger partial charge in [-0.1, -0.05) is 0 Å². The molecule has 1 aromatic carbocycles. The molecular formula is C17H21MgN3O3S. The second-order valence-electron chi connectivity index (χ2n) is 5.46. The van der Waals surface area contributed by atoms with E-state index in [9.17, 15) is 4.55 Å². The fourth-order valence-corrected chi connectivity index (χ4v) is 3.71. The number of methoxy groups -OCH3 is 2. The molecule has 2 heterocycles. The van der Waals surface area contributed by atoms with Gasteiger partial charge < -0.3 is 14.0 Å². The van der Waals surface area contributed by atoms with Crippen LogP contribution in [0.1, 0.15) is 16.8 Å². The molecule has 130 valence electrons. The number of pyridine rings is 1. The number of ether oxygens (including phenoxy) is 2. The molecule has 2 aromatic heterocycles. The third-order valence-corrected chi connectivity index (χ3v) is 5.06. The molecule has 0 saturated carbocycles. The van der Waals surface area contributed by atoms with Crippen molar-refractivity contribution in [3.05, 3.63) is 41.2 Å². The van der Waals surface area contributed by atoms with Crippen molar-refractivity contribution in [1.29, 1.82) is 0 Å². The monoisotopic (exact) mass is 371 g/mol. The molecule has 25 heavy (non-hydrogen) atoms. The van der Waals surface area contributed by atoms with Gasteiger partial charge in [0.25, 0.3) is 0 Å². The summed E-state index contributed by atoms with van der Waals surface area (Å²) in [5.74, 6) is 1.78. The lowest BCUT2D eigenvalue weighted by molar-refractivity contribution is 0.407. The summed E-state index contributed by atoms with van der Waals surface area (Å²) in [7, 11) is 3.23. The third-order valence-electron chi connectivity index (χ3n) is 3.90. The van der Waals surface area contributed by atoms with Gasteiger partial charge in [0.15, 0.2) is 5.75 Å². The van der Waals surface area contributed by atoms with E-state index in [4.69, 9.17) is 9.47 Å². The van der Waals surface area contributed by atoms with E-state index in [0.29, 0.717) is 10.9 Å². The number of rotatable bonds is 5. The second kappa shape index (κ2) is 8.26. The Morgan fingerprint density at radius 1 is 1.20 bits per heavy atom. The molecule has 3 rings (SSSR count). The van der Waals surface area contributed by atoms with Crippen LogP contribution in [-0.4, -0.2) is 56.8 Å². The molecular weight excluding hydrogens is 351 g/mol. The molecule has 0 aliphatic heterocycles. The molecule has 1 N–H and O–H groups in total. The summed E-state index contributed by atoms with van der Waals surface area (Å²) in [6, 6.07) is 5.51. The minimum absolute atomic E-state index is 0. The maximum Gasteiger partial charge on any atom is 0.322 e. The number of nitrogens with one attached hydrogen (secondary N) is 1. The maximum absolute atomic E-state index is 12.7. The van der Waals surface area contributed by atoms with Gasteiger partial charge >= 0.3 is 28.2 Å². The summed E-state index contributed by atoms with van der Waals surface area (Å²) in [5, 5.41) is 0.430. The first kappa shape index (κ1) is 19.8. The van der Waals surface area contributed by atoms with Crippen LogP contribution in [0, 0.1) is 13.8 Å².